The SMILES string of the molecule is CC(C)=C(N=C=O)c1ccccc1. The molecule has 0 aliphatic carbocycles. The van der Waals surface area contributed by atoms with E-state index in [1.807, 2.05) is 44.2 Å². The Balaban J connectivity index is 3.19. The summed E-state index contributed by atoms with van der Waals surface area (Å²) in [7, 11) is 0. The summed E-state index contributed by atoms with van der Waals surface area (Å²) in [6.45, 7) is 3.84. The molecule has 0 aliphatic rings. The molecule has 0 fully saturated rings. The van der Waals surface area contributed by atoms with E-state index < -0.39 is 0 Å². The van der Waals surface area contributed by atoms with Crippen LogP contribution in [0, 0.1) is 0 Å². The summed E-state index contributed by atoms with van der Waals surface area (Å²) >= 11 is 0. The van der Waals surface area contributed by atoms with Crippen molar-refractivity contribution in [2.75, 3.05) is 0 Å². The maximum atomic E-state index is 10.2. The molecule has 0 unspecified atom stereocenters. The molecule has 0 saturated carbocycles. The Bertz CT molecular complexity index is 355. The summed E-state index contributed by atoms with van der Waals surface area (Å²) in [6.07, 6.45) is 1.56. The minimum atomic E-state index is 0.704. The standard InChI is InChI=1S/C11H11NO/c1-9(2)11(12-8-13)10-6-4-3-5-7-10/h3-7H,1-2H3. The van der Waals surface area contributed by atoms with Gasteiger partial charge >= 0.3 is 0 Å². The molecule has 0 saturated heterocycles. The Morgan fingerprint density at radius 2 is 1.85 bits per heavy atom. The first kappa shape index (κ1) is 9.43. The lowest BCUT2D eigenvalue weighted by molar-refractivity contribution is 0.565. The molecule has 0 radical (unpaired) electrons. The average molecular weight is 173 g/mol. The predicted molar refractivity (Wildman–Crippen MR) is 52.8 cm³/mol. The summed E-state index contributed by atoms with van der Waals surface area (Å²) < 4.78 is 0. The van der Waals surface area contributed by atoms with Crippen molar-refractivity contribution in [2.24, 2.45) is 4.99 Å². The zero-order valence-corrected chi connectivity index (χ0v) is 7.74. The number of aliphatic imine (C=N–C) groups is 1. The van der Waals surface area contributed by atoms with Gasteiger partial charge in [0.1, 0.15) is 0 Å². The zero-order valence-electron chi connectivity index (χ0n) is 7.74. The second-order valence-electron chi connectivity index (χ2n) is 2.92. The number of nitrogens with zero attached hydrogens (tertiary/aromatic N) is 1. The van der Waals surface area contributed by atoms with Gasteiger partial charge in [0, 0.05) is 5.56 Å². The van der Waals surface area contributed by atoms with Gasteiger partial charge in [-0.05, 0) is 19.4 Å². The van der Waals surface area contributed by atoms with Gasteiger partial charge in [0.05, 0.1) is 5.70 Å². The minimum Gasteiger partial charge on any atom is -0.211 e. The lowest BCUT2D eigenvalue weighted by Crippen LogP contribution is -1.82. The highest BCUT2D eigenvalue weighted by atomic mass is 16.1. The molecule has 13 heavy (non-hydrogen) atoms. The molecule has 1 aromatic rings. The first-order valence-electron chi connectivity index (χ1n) is 4.06. The van der Waals surface area contributed by atoms with Crippen LogP contribution < -0.4 is 0 Å². The maximum absolute atomic E-state index is 10.2. The smallest absolute Gasteiger partial charge is 0.211 e. The fourth-order valence-corrected chi connectivity index (χ4v) is 1.11. The Morgan fingerprint density at radius 1 is 1.23 bits per heavy atom. The van der Waals surface area contributed by atoms with Gasteiger partial charge in [0.2, 0.25) is 6.08 Å². The normalized spacial score (nSPS) is 8.77. The van der Waals surface area contributed by atoms with Gasteiger partial charge in [-0.15, -0.1) is 0 Å². The second-order valence-corrected chi connectivity index (χ2v) is 2.92. The number of isocyanates is 1. The van der Waals surface area contributed by atoms with Crippen LogP contribution in [0.4, 0.5) is 0 Å². The van der Waals surface area contributed by atoms with Crippen molar-refractivity contribution in [1.29, 1.82) is 0 Å². The molecule has 0 aromatic heterocycles. The van der Waals surface area contributed by atoms with Crippen LogP contribution in [0.2, 0.25) is 0 Å². The van der Waals surface area contributed by atoms with Gasteiger partial charge in [-0.25, -0.2) is 4.79 Å². The van der Waals surface area contributed by atoms with Gasteiger partial charge in [-0.3, -0.25) is 0 Å². The summed E-state index contributed by atoms with van der Waals surface area (Å²) in [4.78, 5) is 13.8. The van der Waals surface area contributed by atoms with E-state index in [9.17, 15) is 4.79 Å². The van der Waals surface area contributed by atoms with E-state index in [1.54, 1.807) is 6.08 Å². The molecule has 0 bridgehead atoms. The molecular weight excluding hydrogens is 162 g/mol. The average Bonchev–Trinajstić information content (AvgIpc) is 2.15. The van der Waals surface area contributed by atoms with Crippen LogP contribution in [0.3, 0.4) is 0 Å². The third-order valence-electron chi connectivity index (χ3n) is 1.68. The largest absolute Gasteiger partial charge is 0.240 e. The van der Waals surface area contributed by atoms with E-state index in [-0.39, 0.29) is 0 Å². The molecule has 0 heterocycles. The second kappa shape index (κ2) is 4.39. The van der Waals surface area contributed by atoms with Crippen molar-refractivity contribution < 1.29 is 4.79 Å². The Morgan fingerprint density at radius 3 is 2.31 bits per heavy atom. The summed E-state index contributed by atoms with van der Waals surface area (Å²) in [5.74, 6) is 0. The van der Waals surface area contributed by atoms with E-state index in [4.69, 9.17) is 0 Å². The number of hydrogen-bond acceptors (Lipinski definition) is 2. The van der Waals surface area contributed by atoms with Crippen molar-refractivity contribution in [3.63, 3.8) is 0 Å². The lowest BCUT2D eigenvalue weighted by atomic mass is 10.1. The number of rotatable bonds is 2. The van der Waals surface area contributed by atoms with E-state index in [2.05, 4.69) is 4.99 Å². The predicted octanol–water partition coefficient (Wildman–Crippen LogP) is 2.77. The molecule has 2 heteroatoms. The highest BCUT2D eigenvalue weighted by molar-refractivity contribution is 5.70. The van der Waals surface area contributed by atoms with Crippen molar-refractivity contribution in [1.82, 2.24) is 0 Å². The van der Waals surface area contributed by atoms with E-state index in [0.717, 1.165) is 11.1 Å². The van der Waals surface area contributed by atoms with Crippen LogP contribution >= 0.6 is 0 Å². The monoisotopic (exact) mass is 173 g/mol. The van der Waals surface area contributed by atoms with Gasteiger partial charge in [0.25, 0.3) is 0 Å². The third kappa shape index (κ3) is 2.39. The molecule has 66 valence electrons. The molecular formula is C11H11NO. The van der Waals surface area contributed by atoms with Gasteiger partial charge < -0.3 is 0 Å². The van der Waals surface area contributed by atoms with Crippen LogP contribution in [0.15, 0.2) is 40.9 Å². The fourth-order valence-electron chi connectivity index (χ4n) is 1.11. The van der Waals surface area contributed by atoms with E-state index in [0.29, 0.717) is 5.70 Å². The van der Waals surface area contributed by atoms with Crippen LogP contribution in [0.25, 0.3) is 5.70 Å². The van der Waals surface area contributed by atoms with E-state index >= 15 is 0 Å². The molecule has 2 nitrogen and oxygen atoms in total. The van der Waals surface area contributed by atoms with Crippen molar-refractivity contribution >= 4 is 11.8 Å². The number of hydrogen-bond donors (Lipinski definition) is 0. The Hall–Kier alpha value is -1.66. The summed E-state index contributed by atoms with van der Waals surface area (Å²) in [6, 6.07) is 9.60. The first-order valence-corrected chi connectivity index (χ1v) is 4.06. The van der Waals surface area contributed by atoms with Crippen molar-refractivity contribution in [3.8, 4) is 0 Å². The summed E-state index contributed by atoms with van der Waals surface area (Å²) in [5.41, 5.74) is 2.66. The zero-order chi connectivity index (χ0) is 9.68. The molecule has 0 atom stereocenters. The Labute approximate surface area is 77.6 Å². The molecule has 0 spiro atoms. The lowest BCUT2D eigenvalue weighted by Gasteiger charge is -2.01. The molecule has 0 N–H and O–H groups in total. The molecule has 0 aliphatic heterocycles. The fraction of sp³-hybridized carbons (Fsp3) is 0.182. The topological polar surface area (TPSA) is 29.4 Å². The molecule has 1 rings (SSSR count). The van der Waals surface area contributed by atoms with Crippen molar-refractivity contribution in [2.45, 2.75) is 13.8 Å². The molecule has 1 aromatic carbocycles. The van der Waals surface area contributed by atoms with Crippen LogP contribution in [0.1, 0.15) is 19.4 Å². The van der Waals surface area contributed by atoms with Gasteiger partial charge in [0.15, 0.2) is 0 Å². The number of carbonyl (C=O) groups excluding carboxylic acids is 1. The van der Waals surface area contributed by atoms with E-state index in [1.165, 1.54) is 0 Å². The highest BCUT2D eigenvalue weighted by Crippen LogP contribution is 2.18. The van der Waals surface area contributed by atoms with Gasteiger partial charge in [-0.2, -0.15) is 4.99 Å². The molecule has 0 amide bonds. The van der Waals surface area contributed by atoms with Gasteiger partial charge in [-0.1, -0.05) is 30.3 Å². The highest BCUT2D eigenvalue weighted by Gasteiger charge is 1.99. The first-order chi connectivity index (χ1) is 6.25. The van der Waals surface area contributed by atoms with Crippen LogP contribution in [-0.4, -0.2) is 6.08 Å². The third-order valence-corrected chi connectivity index (χ3v) is 1.68. The number of allylic oxidation sites excluding steroid dienone is 1. The minimum absolute atomic E-state index is 0.704. The van der Waals surface area contributed by atoms with Crippen LogP contribution in [0.5, 0.6) is 0 Å². The van der Waals surface area contributed by atoms with Crippen molar-refractivity contribution in [3.05, 3.63) is 41.5 Å². The summed E-state index contributed by atoms with van der Waals surface area (Å²) in [5, 5.41) is 0. The Kier molecular flexibility index (Phi) is 3.18. The quantitative estimate of drug-likeness (QED) is 0.499. The van der Waals surface area contributed by atoms with Crippen LogP contribution in [-0.2, 0) is 4.79 Å². The maximum Gasteiger partial charge on any atom is 0.240 e. The number of benzene rings is 1.